The average Bonchev–Trinajstić information content (AvgIpc) is 4.01. The van der Waals surface area contributed by atoms with Gasteiger partial charge < -0.3 is 24.8 Å². The van der Waals surface area contributed by atoms with Crippen molar-refractivity contribution in [2.45, 2.75) is 227 Å². The molecule has 0 radical (unpaired) electrons. The van der Waals surface area contributed by atoms with Gasteiger partial charge in [-0.05, 0) is 0 Å². The molecule has 8 rings (SSSR count). The van der Waals surface area contributed by atoms with Gasteiger partial charge >= 0.3 is 464 Å². The third-order valence-corrected chi connectivity index (χ3v) is 80.4. The molecule has 0 nitrogen and oxygen atoms in total. The van der Waals surface area contributed by atoms with Crippen LogP contribution in [0.4, 0.5) is 0 Å². The first-order valence-corrected chi connectivity index (χ1v) is 55.3. The maximum absolute atomic E-state index is 2.70. The first-order valence-electron chi connectivity index (χ1n) is 28.8. The third-order valence-electron chi connectivity index (χ3n) is 17.4. The van der Waals surface area contributed by atoms with Gasteiger partial charge in [-0.25, -0.2) is 0 Å². The maximum atomic E-state index is 2.70. The van der Waals surface area contributed by atoms with Gasteiger partial charge in [-0.3, -0.25) is 0 Å². The molecule has 4 unspecified atom stereocenters. The van der Waals surface area contributed by atoms with Gasteiger partial charge in [-0.2, -0.15) is 0 Å². The Bertz CT molecular complexity index is 2440. The van der Waals surface area contributed by atoms with E-state index in [2.05, 4.69) is 237 Å². The molecular formula is C68H98Cl2Hf2Si2. The maximum Gasteiger partial charge on any atom is -1.00 e. The monoisotopic (exact) mass is 1400 g/mol. The summed E-state index contributed by atoms with van der Waals surface area (Å²) in [4.78, 5) is 0. The minimum absolute atomic E-state index is 0. The molecule has 4 aromatic rings. The Morgan fingerprint density at radius 3 is 0.608 bits per heavy atom. The van der Waals surface area contributed by atoms with E-state index in [0.717, 1.165) is 14.7 Å². The summed E-state index contributed by atoms with van der Waals surface area (Å²) in [7, 11) is 0. The molecule has 0 spiro atoms. The number of hydrogen-bond acceptors (Lipinski definition) is 0. The van der Waals surface area contributed by atoms with Crippen molar-refractivity contribution in [3.8, 4) is 0 Å². The molecule has 0 N–H and O–H groups in total. The summed E-state index contributed by atoms with van der Waals surface area (Å²) >= 11 is -4.43. The number of halogens is 2. The van der Waals surface area contributed by atoms with Crippen LogP contribution in [0.1, 0.15) is 290 Å². The molecule has 0 aromatic heterocycles. The second-order valence-electron chi connectivity index (χ2n) is 26.3. The van der Waals surface area contributed by atoms with Gasteiger partial charge in [0.25, 0.3) is 0 Å². The van der Waals surface area contributed by atoms with Crippen molar-refractivity contribution in [2.75, 3.05) is 0 Å². The first-order chi connectivity index (χ1) is 33.7. The number of fused-ring (bicyclic) bond motifs is 4. The van der Waals surface area contributed by atoms with Crippen molar-refractivity contribution in [3.05, 3.63) is 160 Å². The fraction of sp³-hybridized carbons (Fsp3) is 0.529. The predicted octanol–water partition coefficient (Wildman–Crippen LogP) is 14.8. The molecule has 4 aliphatic carbocycles. The van der Waals surface area contributed by atoms with Crippen LogP contribution >= 0.6 is 0 Å². The Labute approximate surface area is 484 Å². The summed E-state index contributed by atoms with van der Waals surface area (Å²) in [5, 5.41) is 0. The van der Waals surface area contributed by atoms with Crippen molar-refractivity contribution in [2.24, 2.45) is 0 Å². The Morgan fingerprint density at radius 2 is 0.473 bits per heavy atom. The number of benzene rings is 4. The van der Waals surface area contributed by atoms with Crippen LogP contribution in [0.2, 0.25) is 26.2 Å². The van der Waals surface area contributed by atoms with Gasteiger partial charge in [-0.15, -0.1) is 0 Å². The second-order valence-corrected chi connectivity index (χ2v) is 82.2. The number of rotatable bonds is 14. The van der Waals surface area contributed by atoms with E-state index < -0.39 is 53.2 Å². The fourth-order valence-corrected chi connectivity index (χ4v) is 79.1. The molecule has 74 heavy (non-hydrogen) atoms. The predicted molar refractivity (Wildman–Crippen MR) is 322 cm³/mol. The summed E-state index contributed by atoms with van der Waals surface area (Å²) in [6.45, 7) is 58.7. The zero-order valence-corrected chi connectivity index (χ0v) is 61.8. The van der Waals surface area contributed by atoms with E-state index in [4.69, 9.17) is 0 Å². The molecule has 4 atom stereocenters. The topological polar surface area (TPSA) is 0 Å². The number of hydrogen-bond donors (Lipinski definition) is 0. The minimum atomic E-state index is -2.22. The molecule has 0 bridgehead atoms. The van der Waals surface area contributed by atoms with Crippen LogP contribution in [-0.2, 0) is 41.2 Å². The van der Waals surface area contributed by atoms with Gasteiger partial charge in [0.05, 0.1) is 0 Å². The van der Waals surface area contributed by atoms with E-state index in [1.807, 2.05) is 0 Å². The molecule has 0 saturated carbocycles. The zero-order valence-electron chi connectivity index (χ0n) is 50.8. The molecule has 400 valence electrons. The molecule has 4 aromatic carbocycles. The van der Waals surface area contributed by atoms with Crippen LogP contribution in [0.25, 0.3) is 24.3 Å². The van der Waals surface area contributed by atoms with Crippen LogP contribution in [0.15, 0.2) is 70.8 Å². The molecule has 0 amide bonds. The standard InChI is InChI=1S/4C16H21.2C2H7Si.2ClH.2Hf/c4*1-10(2)13-8-14-6-12(5)7-16(14)15(9-13)11(3)4;2*1-3-2;;;;/h4*6-11H,1-5H3;2*3H,1-2H3;2*1H;;/q;;;;;;;;2*+1/p-2. The van der Waals surface area contributed by atoms with Crippen LogP contribution in [0, 0.1) is 0 Å². The minimum Gasteiger partial charge on any atom is -1.00 e. The SMILES string of the molecule is CC1=Cc2c(C(C)C)cc(C(C)C)cc2[CH]1[Hf+]([CH]1C(C)=Cc2c(C(C)C)cc(C(C)C)cc21)[SiH](C)C.CC1=Cc2c(C(C)C)cc(C(C)C)cc2[CH]1[Hf+]([CH]1C(C)=Cc2c(C(C)C)cc(C(C)C)cc21)[SiH](C)C.[Cl-].[Cl-]. The van der Waals surface area contributed by atoms with Crippen LogP contribution in [0.3, 0.4) is 0 Å². The second kappa shape index (κ2) is 25.4. The van der Waals surface area contributed by atoms with E-state index in [9.17, 15) is 0 Å². The van der Waals surface area contributed by atoms with Gasteiger partial charge in [0.2, 0.25) is 0 Å². The largest absolute Gasteiger partial charge is 1.00 e. The molecule has 0 heterocycles. The quantitative estimate of drug-likeness (QED) is 0.110. The smallest absolute Gasteiger partial charge is 1.00 e. The summed E-state index contributed by atoms with van der Waals surface area (Å²) in [6.07, 6.45) is 10.4. The molecular weight excluding hydrogens is 1300 g/mol. The van der Waals surface area contributed by atoms with E-state index in [0.29, 0.717) is 47.3 Å². The van der Waals surface area contributed by atoms with Crippen molar-refractivity contribution in [3.63, 3.8) is 0 Å². The van der Waals surface area contributed by atoms with Crippen LogP contribution in [0.5, 0.6) is 0 Å². The van der Waals surface area contributed by atoms with Crippen molar-refractivity contribution in [1.82, 2.24) is 0 Å². The Hall–Kier alpha value is -1.41. The van der Waals surface area contributed by atoms with Crippen molar-refractivity contribution >= 4 is 36.3 Å². The number of allylic oxidation sites excluding steroid dienone is 4. The van der Waals surface area contributed by atoms with E-state index >= 15 is 0 Å². The van der Waals surface area contributed by atoms with Gasteiger partial charge in [0.1, 0.15) is 0 Å². The molecule has 0 fully saturated rings. The normalized spacial score (nSPS) is 18.5. The van der Waals surface area contributed by atoms with Gasteiger partial charge in [0, 0.05) is 0 Å². The van der Waals surface area contributed by atoms with Crippen molar-refractivity contribution in [1.29, 1.82) is 0 Å². The van der Waals surface area contributed by atoms with Gasteiger partial charge in [0.15, 0.2) is 0 Å². The van der Waals surface area contributed by atoms with Gasteiger partial charge in [-0.1, -0.05) is 0 Å². The first kappa shape index (κ1) is 63.4. The van der Waals surface area contributed by atoms with E-state index in [-0.39, 0.29) is 24.8 Å². The van der Waals surface area contributed by atoms with E-state index in [1.165, 1.54) is 0 Å². The summed E-state index contributed by atoms with van der Waals surface area (Å²) < 4.78 is 2.99. The summed E-state index contributed by atoms with van der Waals surface area (Å²) in [6, 6.07) is 20.7. The molecule has 6 heteroatoms. The Balaban J connectivity index is 0.000000267. The molecule has 0 aliphatic heterocycles. The fourth-order valence-electron chi connectivity index (χ4n) is 13.4. The zero-order chi connectivity index (χ0) is 53.3. The summed E-state index contributed by atoms with van der Waals surface area (Å²) in [5.74, 6) is 2.97. The average molecular weight is 1400 g/mol. The molecule has 4 aliphatic rings. The summed E-state index contributed by atoms with van der Waals surface area (Å²) in [5.41, 5.74) is 32.5. The molecule has 0 saturated heterocycles. The van der Waals surface area contributed by atoms with E-state index in [1.54, 1.807) is 111 Å². The third kappa shape index (κ3) is 12.3. The Kier molecular flexibility index (Phi) is 21.7. The van der Waals surface area contributed by atoms with Crippen molar-refractivity contribution < 1.29 is 66.0 Å². The van der Waals surface area contributed by atoms with Crippen LogP contribution in [-0.4, -0.2) is 12.0 Å². The Morgan fingerprint density at radius 1 is 0.297 bits per heavy atom. The van der Waals surface area contributed by atoms with Crippen LogP contribution < -0.4 is 24.8 Å².